The van der Waals surface area contributed by atoms with Crippen molar-refractivity contribution < 1.29 is 38.1 Å². The molecule has 8 nitrogen and oxygen atoms in total. The predicted molar refractivity (Wildman–Crippen MR) is 81.8 cm³/mol. The fraction of sp³-hybridized carbons (Fsp3) is 0.688. The van der Waals surface area contributed by atoms with Gasteiger partial charge in [-0.05, 0) is 13.8 Å². The maximum atomic E-state index is 12.0. The van der Waals surface area contributed by atoms with Crippen LogP contribution in [0.4, 0.5) is 0 Å². The van der Waals surface area contributed by atoms with Crippen molar-refractivity contribution in [1.29, 1.82) is 0 Å². The van der Waals surface area contributed by atoms with Gasteiger partial charge in [-0.15, -0.1) is 0 Å². The molecule has 0 aliphatic carbocycles. The van der Waals surface area contributed by atoms with Gasteiger partial charge in [-0.25, -0.2) is 4.79 Å². The molecular weight excluding hydrogens is 320 g/mol. The molecule has 24 heavy (non-hydrogen) atoms. The topological polar surface area (TPSA) is 97.4 Å². The van der Waals surface area contributed by atoms with E-state index in [2.05, 4.69) is 6.58 Å². The number of esters is 3. The third-order valence-corrected chi connectivity index (χ3v) is 3.01. The second kappa shape index (κ2) is 9.39. The van der Waals surface area contributed by atoms with E-state index in [0.29, 0.717) is 0 Å². The van der Waals surface area contributed by atoms with E-state index >= 15 is 0 Å². The number of ether oxygens (including phenoxy) is 5. The van der Waals surface area contributed by atoms with Crippen LogP contribution in [0.1, 0.15) is 34.1 Å². The summed E-state index contributed by atoms with van der Waals surface area (Å²) in [5, 5.41) is 0. The van der Waals surface area contributed by atoms with Crippen molar-refractivity contribution in [1.82, 2.24) is 0 Å². The minimum absolute atomic E-state index is 0.00847. The lowest BCUT2D eigenvalue weighted by atomic mass is 10.0. The molecule has 1 aliphatic heterocycles. The first-order chi connectivity index (χ1) is 11.2. The van der Waals surface area contributed by atoms with Crippen molar-refractivity contribution in [3.05, 3.63) is 12.7 Å². The van der Waals surface area contributed by atoms with Crippen molar-refractivity contribution in [2.75, 3.05) is 6.61 Å². The Balaban J connectivity index is 2.98. The fourth-order valence-corrected chi connectivity index (χ4v) is 2.23. The quantitative estimate of drug-likeness (QED) is 0.385. The van der Waals surface area contributed by atoms with E-state index in [1.54, 1.807) is 13.8 Å². The minimum atomic E-state index is -1.06. The van der Waals surface area contributed by atoms with Crippen LogP contribution in [-0.4, -0.2) is 55.2 Å². The van der Waals surface area contributed by atoms with Crippen molar-refractivity contribution in [3.8, 4) is 0 Å². The van der Waals surface area contributed by atoms with Crippen LogP contribution in [0.15, 0.2) is 12.7 Å². The average molecular weight is 344 g/mol. The van der Waals surface area contributed by atoms with Gasteiger partial charge in [-0.2, -0.15) is 0 Å². The normalized spacial score (nSPS) is 26.5. The summed E-state index contributed by atoms with van der Waals surface area (Å²) in [4.78, 5) is 34.8. The Hall–Kier alpha value is -1.93. The van der Waals surface area contributed by atoms with Crippen molar-refractivity contribution >= 4 is 17.9 Å². The molecule has 0 aromatic carbocycles. The highest BCUT2D eigenvalue weighted by Crippen LogP contribution is 2.28. The van der Waals surface area contributed by atoms with Crippen LogP contribution < -0.4 is 0 Å². The molecule has 0 aromatic heterocycles. The van der Waals surface area contributed by atoms with E-state index in [1.165, 1.54) is 19.9 Å². The van der Waals surface area contributed by atoms with E-state index in [0.717, 1.165) is 0 Å². The Labute approximate surface area is 141 Å². The van der Waals surface area contributed by atoms with E-state index in [4.69, 9.17) is 23.7 Å². The molecule has 1 heterocycles. The molecule has 4 atom stereocenters. The highest BCUT2D eigenvalue weighted by molar-refractivity contribution is 5.75. The van der Waals surface area contributed by atoms with Crippen LogP contribution in [0.3, 0.4) is 0 Å². The first kappa shape index (κ1) is 20.1. The Morgan fingerprint density at radius 2 is 1.83 bits per heavy atom. The number of hydrogen-bond acceptors (Lipinski definition) is 8. The molecule has 0 N–H and O–H groups in total. The zero-order valence-corrected chi connectivity index (χ0v) is 14.4. The molecule has 8 heteroatoms. The Morgan fingerprint density at radius 3 is 2.33 bits per heavy atom. The van der Waals surface area contributed by atoms with Gasteiger partial charge >= 0.3 is 17.9 Å². The van der Waals surface area contributed by atoms with E-state index < -0.39 is 42.5 Å². The van der Waals surface area contributed by atoms with E-state index in [-0.39, 0.29) is 19.1 Å². The van der Waals surface area contributed by atoms with Crippen LogP contribution in [0.5, 0.6) is 0 Å². The Kier molecular flexibility index (Phi) is 7.87. The molecule has 1 fully saturated rings. The standard InChI is InChI=1S/C16H24O8/c1-6-7-20-15(19)13-8-12(22-10(4)17)14(23-11(5)18)16(24-13)21-9(2)3/h6,9,12-14,16H,1,7-8H2,2-5H3/t12-,13-,14+,16+/m0/s1. The molecule has 0 aromatic rings. The smallest absolute Gasteiger partial charge is 0.335 e. The third kappa shape index (κ3) is 6.29. The van der Waals surface area contributed by atoms with Gasteiger partial charge in [0.2, 0.25) is 0 Å². The second-order valence-electron chi connectivity index (χ2n) is 5.55. The summed E-state index contributed by atoms with van der Waals surface area (Å²) < 4.78 is 26.5. The summed E-state index contributed by atoms with van der Waals surface area (Å²) in [5.41, 5.74) is 0. The van der Waals surface area contributed by atoms with Gasteiger partial charge in [-0.3, -0.25) is 9.59 Å². The SMILES string of the molecule is C=CCOC(=O)[C@@H]1C[C@H](OC(C)=O)[C@@H](OC(C)=O)[C@H](OC(C)C)O1. The largest absolute Gasteiger partial charge is 0.460 e. The molecule has 0 radical (unpaired) electrons. The van der Waals surface area contributed by atoms with Crippen LogP contribution in [0, 0.1) is 0 Å². The molecular formula is C16H24O8. The van der Waals surface area contributed by atoms with Gasteiger partial charge in [0.1, 0.15) is 12.7 Å². The first-order valence-corrected chi connectivity index (χ1v) is 7.67. The number of hydrogen-bond donors (Lipinski definition) is 0. The lowest BCUT2D eigenvalue weighted by molar-refractivity contribution is -0.282. The summed E-state index contributed by atoms with van der Waals surface area (Å²) >= 11 is 0. The molecule has 0 amide bonds. The van der Waals surface area contributed by atoms with Crippen molar-refractivity contribution in [2.45, 2.75) is 64.8 Å². The highest BCUT2D eigenvalue weighted by Gasteiger charge is 2.46. The number of carbonyl (C=O) groups is 3. The second-order valence-corrected chi connectivity index (χ2v) is 5.55. The zero-order chi connectivity index (χ0) is 18.3. The van der Waals surface area contributed by atoms with Gasteiger partial charge < -0.3 is 23.7 Å². The lowest BCUT2D eigenvalue weighted by Crippen LogP contribution is -2.55. The van der Waals surface area contributed by atoms with Crippen LogP contribution in [-0.2, 0) is 38.1 Å². The third-order valence-electron chi connectivity index (χ3n) is 3.01. The van der Waals surface area contributed by atoms with Gasteiger partial charge in [0, 0.05) is 20.3 Å². The number of carbonyl (C=O) groups excluding carboxylic acids is 3. The molecule has 0 bridgehead atoms. The molecule has 0 spiro atoms. The maximum Gasteiger partial charge on any atom is 0.335 e. The number of rotatable bonds is 7. The molecule has 136 valence electrons. The van der Waals surface area contributed by atoms with Crippen LogP contribution in [0.2, 0.25) is 0 Å². The van der Waals surface area contributed by atoms with Crippen LogP contribution in [0.25, 0.3) is 0 Å². The monoisotopic (exact) mass is 344 g/mol. The van der Waals surface area contributed by atoms with E-state index in [9.17, 15) is 14.4 Å². The Morgan fingerprint density at radius 1 is 1.21 bits per heavy atom. The first-order valence-electron chi connectivity index (χ1n) is 7.67. The molecule has 0 saturated carbocycles. The maximum absolute atomic E-state index is 12.0. The Bertz CT molecular complexity index is 473. The van der Waals surface area contributed by atoms with Gasteiger partial charge in [0.05, 0.1) is 6.10 Å². The lowest BCUT2D eigenvalue weighted by Gasteiger charge is -2.39. The molecule has 0 unspecified atom stereocenters. The predicted octanol–water partition coefficient (Wildman–Crippen LogP) is 1.12. The fourth-order valence-electron chi connectivity index (χ4n) is 2.23. The summed E-state index contributed by atoms with van der Waals surface area (Å²) in [6.07, 6.45) is -2.78. The molecule has 1 rings (SSSR count). The minimum Gasteiger partial charge on any atom is -0.460 e. The van der Waals surface area contributed by atoms with Gasteiger partial charge in [0.25, 0.3) is 0 Å². The highest BCUT2D eigenvalue weighted by atomic mass is 16.7. The molecule has 1 saturated heterocycles. The molecule has 1 aliphatic rings. The summed E-state index contributed by atoms with van der Waals surface area (Å²) in [7, 11) is 0. The average Bonchev–Trinajstić information content (AvgIpc) is 2.46. The van der Waals surface area contributed by atoms with Gasteiger partial charge in [-0.1, -0.05) is 12.7 Å². The zero-order valence-electron chi connectivity index (χ0n) is 14.4. The van der Waals surface area contributed by atoms with Crippen LogP contribution >= 0.6 is 0 Å². The summed E-state index contributed by atoms with van der Waals surface area (Å²) in [5.74, 6) is -1.78. The van der Waals surface area contributed by atoms with E-state index in [1.807, 2.05) is 0 Å². The van der Waals surface area contributed by atoms with Crippen molar-refractivity contribution in [2.24, 2.45) is 0 Å². The van der Waals surface area contributed by atoms with Crippen molar-refractivity contribution in [3.63, 3.8) is 0 Å². The summed E-state index contributed by atoms with van der Waals surface area (Å²) in [6.45, 7) is 9.46. The van der Waals surface area contributed by atoms with Gasteiger partial charge in [0.15, 0.2) is 18.5 Å². The summed E-state index contributed by atoms with van der Waals surface area (Å²) in [6, 6.07) is 0.